The first-order chi connectivity index (χ1) is 10.9. The summed E-state index contributed by atoms with van der Waals surface area (Å²) in [6, 6.07) is -0.545. The summed E-state index contributed by atoms with van der Waals surface area (Å²) < 4.78 is 14.2. The molecule has 2 N–H and O–H groups in total. The van der Waals surface area contributed by atoms with Gasteiger partial charge in [-0.2, -0.15) is 0 Å². The predicted molar refractivity (Wildman–Crippen MR) is 78.2 cm³/mol. The topological polar surface area (TPSA) is 90.0 Å². The third-order valence-electron chi connectivity index (χ3n) is 5.16. The molecule has 1 unspecified atom stereocenters. The molecule has 1 atom stereocenters. The summed E-state index contributed by atoms with van der Waals surface area (Å²) in [5.41, 5.74) is -2.63. The lowest BCUT2D eigenvalue weighted by atomic mass is 9.95. The number of carbonyl (C=O) groups is 3. The number of aliphatic hydroxyl groups excluding tert-OH is 1. The van der Waals surface area contributed by atoms with E-state index in [0.29, 0.717) is 25.8 Å². The quantitative estimate of drug-likeness (QED) is 0.723. The van der Waals surface area contributed by atoms with E-state index in [1.165, 1.54) is 4.90 Å². The molecule has 128 valence electrons. The molecule has 23 heavy (non-hydrogen) atoms. The lowest BCUT2D eigenvalue weighted by molar-refractivity contribution is -0.142. The molecule has 0 radical (unpaired) electrons. The Bertz CT molecular complexity index is 535. The van der Waals surface area contributed by atoms with Gasteiger partial charge in [0.2, 0.25) is 5.91 Å². The molecule has 0 bridgehead atoms. The van der Waals surface area contributed by atoms with Crippen molar-refractivity contribution in [3.8, 4) is 0 Å². The monoisotopic (exact) mass is 327 g/mol. The van der Waals surface area contributed by atoms with Gasteiger partial charge in [-0.1, -0.05) is 12.8 Å². The van der Waals surface area contributed by atoms with E-state index >= 15 is 0 Å². The highest BCUT2D eigenvalue weighted by Gasteiger charge is 2.53. The summed E-state index contributed by atoms with van der Waals surface area (Å²) in [7, 11) is 0. The van der Waals surface area contributed by atoms with Crippen LogP contribution in [0.15, 0.2) is 0 Å². The first-order valence-electron chi connectivity index (χ1n) is 8.11. The number of nitrogens with one attached hydrogen (secondary N) is 1. The van der Waals surface area contributed by atoms with Crippen LogP contribution in [0.3, 0.4) is 0 Å². The second kappa shape index (κ2) is 5.74. The van der Waals surface area contributed by atoms with Crippen molar-refractivity contribution < 1.29 is 23.9 Å². The Labute approximate surface area is 133 Å². The zero-order valence-electron chi connectivity index (χ0n) is 13.0. The Kier molecular flexibility index (Phi) is 4.03. The standard InChI is InChI=1S/C15H22FN3O4/c16-14(10-20)4-3-7-18(9-14)11(21)8-19-12(22)15(17-13(19)23)5-1-2-6-15/h20H,1-10H2,(H,17,23). The third kappa shape index (κ3) is 2.80. The molecule has 7 nitrogen and oxygen atoms in total. The molecular weight excluding hydrogens is 305 g/mol. The fraction of sp³-hybridized carbons (Fsp3) is 0.800. The van der Waals surface area contributed by atoms with Gasteiger partial charge < -0.3 is 15.3 Å². The van der Waals surface area contributed by atoms with Gasteiger partial charge in [0.15, 0.2) is 5.67 Å². The molecule has 1 saturated carbocycles. The lowest BCUT2D eigenvalue weighted by Gasteiger charge is -2.36. The normalized spacial score (nSPS) is 30.2. The number of rotatable bonds is 3. The van der Waals surface area contributed by atoms with Crippen LogP contribution >= 0.6 is 0 Å². The Hall–Kier alpha value is -1.70. The first-order valence-corrected chi connectivity index (χ1v) is 8.11. The minimum atomic E-state index is -1.79. The molecule has 0 aromatic rings. The van der Waals surface area contributed by atoms with Crippen molar-refractivity contribution in [2.45, 2.75) is 49.7 Å². The highest BCUT2D eigenvalue weighted by atomic mass is 19.1. The number of carbonyl (C=O) groups excluding carboxylic acids is 3. The fourth-order valence-electron chi connectivity index (χ4n) is 3.80. The Balaban J connectivity index is 1.66. The van der Waals surface area contributed by atoms with E-state index in [-0.39, 0.29) is 25.4 Å². The molecule has 8 heteroatoms. The smallest absolute Gasteiger partial charge is 0.325 e. The highest BCUT2D eigenvalue weighted by molar-refractivity contribution is 6.09. The zero-order chi connectivity index (χ0) is 16.7. The van der Waals surface area contributed by atoms with Crippen molar-refractivity contribution in [1.82, 2.24) is 15.1 Å². The summed E-state index contributed by atoms with van der Waals surface area (Å²) in [6.07, 6.45) is 3.61. The number of halogens is 1. The summed E-state index contributed by atoms with van der Waals surface area (Å²) in [6.45, 7) is -0.826. The maximum atomic E-state index is 14.2. The largest absolute Gasteiger partial charge is 0.393 e. The molecule has 4 amide bonds. The zero-order valence-corrected chi connectivity index (χ0v) is 13.0. The number of amides is 4. The van der Waals surface area contributed by atoms with Crippen LogP contribution in [0.4, 0.5) is 9.18 Å². The minimum absolute atomic E-state index is 0.197. The van der Waals surface area contributed by atoms with E-state index in [2.05, 4.69) is 5.32 Å². The van der Waals surface area contributed by atoms with Crippen molar-refractivity contribution in [1.29, 1.82) is 0 Å². The molecule has 3 rings (SSSR count). The van der Waals surface area contributed by atoms with Crippen LogP contribution in [-0.4, -0.2) is 70.2 Å². The fourth-order valence-corrected chi connectivity index (χ4v) is 3.80. The van der Waals surface area contributed by atoms with Crippen molar-refractivity contribution in [3.63, 3.8) is 0 Å². The molecule has 2 heterocycles. The van der Waals surface area contributed by atoms with Gasteiger partial charge in [0.25, 0.3) is 5.91 Å². The molecule has 1 aliphatic carbocycles. The molecule has 0 aromatic carbocycles. The number of hydrogen-bond acceptors (Lipinski definition) is 4. The van der Waals surface area contributed by atoms with Gasteiger partial charge in [0.1, 0.15) is 12.1 Å². The number of likely N-dealkylation sites (tertiary alicyclic amines) is 1. The van der Waals surface area contributed by atoms with Crippen molar-refractivity contribution in [2.75, 3.05) is 26.2 Å². The minimum Gasteiger partial charge on any atom is -0.393 e. The van der Waals surface area contributed by atoms with Crippen LogP contribution in [0, 0.1) is 0 Å². The van der Waals surface area contributed by atoms with Gasteiger partial charge >= 0.3 is 6.03 Å². The van der Waals surface area contributed by atoms with Crippen molar-refractivity contribution in [2.24, 2.45) is 0 Å². The molecule has 1 spiro atoms. The van der Waals surface area contributed by atoms with Gasteiger partial charge in [-0.25, -0.2) is 9.18 Å². The van der Waals surface area contributed by atoms with Crippen LogP contribution < -0.4 is 5.32 Å². The van der Waals surface area contributed by atoms with Crippen molar-refractivity contribution >= 4 is 17.8 Å². The molecule has 0 aromatic heterocycles. The van der Waals surface area contributed by atoms with E-state index in [1.54, 1.807) is 0 Å². The van der Waals surface area contributed by atoms with E-state index in [9.17, 15) is 18.8 Å². The maximum absolute atomic E-state index is 14.2. The molecule has 2 aliphatic heterocycles. The van der Waals surface area contributed by atoms with Crippen LogP contribution in [0.1, 0.15) is 38.5 Å². The molecule has 3 aliphatic rings. The number of piperidine rings is 1. The van der Waals surface area contributed by atoms with Crippen LogP contribution in [0.2, 0.25) is 0 Å². The van der Waals surface area contributed by atoms with E-state index in [1.807, 2.05) is 0 Å². The summed E-state index contributed by atoms with van der Waals surface area (Å²) in [5.74, 6) is -0.808. The van der Waals surface area contributed by atoms with E-state index in [0.717, 1.165) is 17.7 Å². The van der Waals surface area contributed by atoms with Gasteiger partial charge in [-0.05, 0) is 25.7 Å². The number of imide groups is 1. The van der Waals surface area contributed by atoms with E-state index < -0.39 is 29.8 Å². The third-order valence-corrected chi connectivity index (χ3v) is 5.16. The second-order valence-corrected chi connectivity index (χ2v) is 6.84. The van der Waals surface area contributed by atoms with Gasteiger partial charge in [-0.15, -0.1) is 0 Å². The highest BCUT2D eigenvalue weighted by Crippen LogP contribution is 2.35. The van der Waals surface area contributed by atoms with Crippen molar-refractivity contribution in [3.05, 3.63) is 0 Å². The number of alkyl halides is 1. The Morgan fingerprint density at radius 1 is 1.22 bits per heavy atom. The summed E-state index contributed by atoms with van der Waals surface area (Å²) in [5, 5.41) is 11.8. The predicted octanol–water partition coefficient (Wildman–Crippen LogP) is 0.174. The van der Waals surface area contributed by atoms with Crippen LogP contribution in [0.5, 0.6) is 0 Å². The number of aliphatic hydroxyl groups is 1. The molecular formula is C15H22FN3O4. The Morgan fingerprint density at radius 2 is 1.91 bits per heavy atom. The average molecular weight is 327 g/mol. The van der Waals surface area contributed by atoms with Crippen LogP contribution in [0.25, 0.3) is 0 Å². The van der Waals surface area contributed by atoms with Gasteiger partial charge in [-0.3, -0.25) is 14.5 Å². The van der Waals surface area contributed by atoms with Gasteiger partial charge in [0, 0.05) is 6.54 Å². The summed E-state index contributed by atoms with van der Waals surface area (Å²) in [4.78, 5) is 39.1. The second-order valence-electron chi connectivity index (χ2n) is 6.84. The van der Waals surface area contributed by atoms with Crippen LogP contribution in [-0.2, 0) is 9.59 Å². The van der Waals surface area contributed by atoms with E-state index in [4.69, 9.17) is 5.11 Å². The number of hydrogen-bond donors (Lipinski definition) is 2. The number of urea groups is 1. The maximum Gasteiger partial charge on any atom is 0.325 e. The van der Waals surface area contributed by atoms with Gasteiger partial charge in [0.05, 0.1) is 13.2 Å². The Morgan fingerprint density at radius 3 is 2.57 bits per heavy atom. The first kappa shape index (κ1) is 16.2. The number of nitrogens with zero attached hydrogens (tertiary/aromatic N) is 2. The summed E-state index contributed by atoms with van der Waals surface area (Å²) >= 11 is 0. The average Bonchev–Trinajstić information content (AvgIpc) is 3.09. The molecule has 2 saturated heterocycles. The molecule has 3 fully saturated rings. The lowest BCUT2D eigenvalue weighted by Crippen LogP contribution is -2.53. The SMILES string of the molecule is O=C(CN1C(=O)NC2(CCCC2)C1=O)N1CCCC(F)(CO)C1.